The van der Waals surface area contributed by atoms with Gasteiger partial charge in [0.25, 0.3) is 0 Å². The Morgan fingerprint density at radius 3 is 2.23 bits per heavy atom. The van der Waals surface area contributed by atoms with Gasteiger partial charge in [0.2, 0.25) is 0 Å². The first-order chi connectivity index (χ1) is 12.4. The summed E-state index contributed by atoms with van der Waals surface area (Å²) in [5, 5.41) is 8.12. The fourth-order valence-electron chi connectivity index (χ4n) is 2.98. The van der Waals surface area contributed by atoms with E-state index < -0.39 is 0 Å². The van der Waals surface area contributed by atoms with Crippen molar-refractivity contribution in [1.82, 2.24) is 4.90 Å². The van der Waals surface area contributed by atoms with Gasteiger partial charge in [0.1, 0.15) is 5.76 Å². The number of nitrogens with zero attached hydrogens (tertiary/aromatic N) is 3. The molecule has 0 atom stereocenters. The first-order valence-corrected chi connectivity index (χ1v) is 9.15. The van der Waals surface area contributed by atoms with Gasteiger partial charge in [-0.25, -0.2) is 4.99 Å². The largest absolute Gasteiger partial charge is 0.492 e. The normalized spacial score (nSPS) is 15.8. The monoisotopic (exact) mass is 354 g/mol. The Labute approximate surface area is 157 Å². The number of ether oxygens (including phenoxy) is 1. The van der Waals surface area contributed by atoms with Crippen molar-refractivity contribution < 1.29 is 4.74 Å². The number of hydrogen-bond donors (Lipinski definition) is 1. The lowest BCUT2D eigenvalue weighted by Crippen LogP contribution is -2.30. The summed E-state index contributed by atoms with van der Waals surface area (Å²) >= 11 is 0. The van der Waals surface area contributed by atoms with Gasteiger partial charge in [-0.3, -0.25) is 5.41 Å². The van der Waals surface area contributed by atoms with E-state index in [0.29, 0.717) is 24.1 Å². The zero-order valence-electron chi connectivity index (χ0n) is 16.7. The smallest absolute Gasteiger partial charge is 0.146 e. The van der Waals surface area contributed by atoms with Gasteiger partial charge in [0.15, 0.2) is 0 Å². The third-order valence-electron chi connectivity index (χ3n) is 4.25. The van der Waals surface area contributed by atoms with Crippen molar-refractivity contribution in [3.05, 3.63) is 47.9 Å². The molecule has 0 aromatic heterocycles. The Kier molecular flexibility index (Phi) is 6.61. The Hall–Kier alpha value is -2.56. The zero-order chi connectivity index (χ0) is 19.3. The average Bonchev–Trinajstić information content (AvgIpc) is 2.59. The standard InChI is InChI=1S/C21H30N4O/c1-7-25(15(3)4)17-11-9-16(10-12-17)23-19-14-21(26-8-2)18(22)13-20(19)24(5)6/h9-15,22H,7-8H2,1-6H3/b22-18?,23-19+. The lowest BCUT2D eigenvalue weighted by atomic mass is 10.1. The van der Waals surface area contributed by atoms with E-state index >= 15 is 0 Å². The predicted octanol–water partition coefficient (Wildman–Crippen LogP) is 4.39. The minimum Gasteiger partial charge on any atom is -0.492 e. The summed E-state index contributed by atoms with van der Waals surface area (Å²) in [5.41, 5.74) is 4.17. The average molecular weight is 354 g/mol. The topological polar surface area (TPSA) is 51.9 Å². The maximum Gasteiger partial charge on any atom is 0.146 e. The second-order valence-corrected chi connectivity index (χ2v) is 6.67. The predicted molar refractivity (Wildman–Crippen MR) is 111 cm³/mol. The van der Waals surface area contributed by atoms with Gasteiger partial charge < -0.3 is 14.5 Å². The molecule has 0 unspecified atom stereocenters. The van der Waals surface area contributed by atoms with E-state index in [2.05, 4.69) is 37.8 Å². The van der Waals surface area contributed by atoms with Gasteiger partial charge >= 0.3 is 0 Å². The molecule has 1 aromatic carbocycles. The van der Waals surface area contributed by atoms with E-state index in [1.165, 1.54) is 5.69 Å². The molecule has 0 spiro atoms. The molecule has 0 bridgehead atoms. The highest BCUT2D eigenvalue weighted by molar-refractivity contribution is 6.22. The lowest BCUT2D eigenvalue weighted by Gasteiger charge is -2.27. The van der Waals surface area contributed by atoms with E-state index in [-0.39, 0.29) is 0 Å². The van der Waals surface area contributed by atoms with Crippen LogP contribution in [0.2, 0.25) is 0 Å². The molecule has 1 aliphatic carbocycles. The summed E-state index contributed by atoms with van der Waals surface area (Å²) in [6.45, 7) is 9.99. The van der Waals surface area contributed by atoms with Crippen LogP contribution in [0.1, 0.15) is 27.7 Å². The van der Waals surface area contributed by atoms with Crippen molar-refractivity contribution in [2.45, 2.75) is 33.7 Å². The molecule has 0 saturated heterocycles. The molecular formula is C21H30N4O. The summed E-state index contributed by atoms with van der Waals surface area (Å²) in [7, 11) is 3.91. The summed E-state index contributed by atoms with van der Waals surface area (Å²) < 4.78 is 5.57. The maximum atomic E-state index is 8.12. The van der Waals surface area contributed by atoms with E-state index in [1.54, 1.807) is 6.08 Å². The maximum absolute atomic E-state index is 8.12. The van der Waals surface area contributed by atoms with Crippen LogP contribution in [-0.4, -0.2) is 49.6 Å². The molecule has 1 N–H and O–H groups in total. The van der Waals surface area contributed by atoms with Crippen LogP contribution < -0.4 is 4.90 Å². The van der Waals surface area contributed by atoms with Crippen LogP contribution in [0, 0.1) is 5.41 Å². The van der Waals surface area contributed by atoms with Gasteiger partial charge in [0, 0.05) is 38.4 Å². The molecule has 1 aromatic rings. The van der Waals surface area contributed by atoms with Crippen molar-refractivity contribution in [3.8, 4) is 0 Å². The molecule has 0 fully saturated rings. The van der Waals surface area contributed by atoms with E-state index in [0.717, 1.165) is 23.6 Å². The molecular weight excluding hydrogens is 324 g/mol. The van der Waals surface area contributed by atoms with Crippen LogP contribution in [-0.2, 0) is 4.74 Å². The fraction of sp³-hybridized carbons (Fsp3) is 0.429. The van der Waals surface area contributed by atoms with E-state index in [1.807, 2.05) is 44.1 Å². The number of allylic oxidation sites excluding steroid dienone is 2. The SMILES string of the molecule is CCOC1=C/C(=N\c2ccc(N(CC)C(C)C)cc2)C(N(C)C)=CC1=N. The Morgan fingerprint density at radius 1 is 1.08 bits per heavy atom. The van der Waals surface area contributed by atoms with Crippen LogP contribution in [0.5, 0.6) is 0 Å². The van der Waals surface area contributed by atoms with Gasteiger partial charge in [-0.15, -0.1) is 0 Å². The van der Waals surface area contributed by atoms with Gasteiger partial charge in [-0.1, -0.05) is 0 Å². The highest BCUT2D eigenvalue weighted by Gasteiger charge is 2.19. The van der Waals surface area contributed by atoms with Crippen LogP contribution in [0.3, 0.4) is 0 Å². The van der Waals surface area contributed by atoms with Crippen LogP contribution in [0.25, 0.3) is 0 Å². The molecule has 0 aliphatic heterocycles. The van der Waals surface area contributed by atoms with Crippen LogP contribution in [0.4, 0.5) is 11.4 Å². The molecule has 0 heterocycles. The van der Waals surface area contributed by atoms with Crippen molar-refractivity contribution in [2.24, 2.45) is 4.99 Å². The van der Waals surface area contributed by atoms with Crippen LogP contribution >= 0.6 is 0 Å². The summed E-state index contributed by atoms with van der Waals surface area (Å²) in [4.78, 5) is 9.11. The van der Waals surface area contributed by atoms with E-state index in [4.69, 9.17) is 15.1 Å². The third kappa shape index (κ3) is 4.54. The molecule has 5 heteroatoms. The molecule has 0 amide bonds. The van der Waals surface area contributed by atoms with Gasteiger partial charge in [0.05, 0.1) is 29.4 Å². The number of benzene rings is 1. The zero-order valence-corrected chi connectivity index (χ0v) is 16.7. The first kappa shape index (κ1) is 19.8. The summed E-state index contributed by atoms with van der Waals surface area (Å²) in [6.07, 6.45) is 3.65. The minimum absolute atomic E-state index is 0.375. The molecule has 5 nitrogen and oxygen atoms in total. The number of aliphatic imine (C=N–C) groups is 1. The molecule has 140 valence electrons. The number of anilines is 1. The quantitative estimate of drug-likeness (QED) is 0.739. The molecule has 26 heavy (non-hydrogen) atoms. The summed E-state index contributed by atoms with van der Waals surface area (Å²) in [6, 6.07) is 8.75. The highest BCUT2D eigenvalue weighted by atomic mass is 16.5. The third-order valence-corrected chi connectivity index (χ3v) is 4.25. The van der Waals surface area contributed by atoms with Crippen molar-refractivity contribution >= 4 is 22.8 Å². The second kappa shape index (κ2) is 8.70. The number of hydrogen-bond acceptors (Lipinski definition) is 5. The van der Waals surface area contributed by atoms with Crippen molar-refractivity contribution in [1.29, 1.82) is 5.41 Å². The van der Waals surface area contributed by atoms with E-state index in [9.17, 15) is 0 Å². The minimum atomic E-state index is 0.375. The highest BCUT2D eigenvalue weighted by Crippen LogP contribution is 2.24. The number of rotatable bonds is 7. The second-order valence-electron chi connectivity index (χ2n) is 6.67. The van der Waals surface area contributed by atoms with Gasteiger partial charge in [-0.05, 0) is 58.0 Å². The fourth-order valence-corrected chi connectivity index (χ4v) is 2.98. The summed E-state index contributed by atoms with van der Waals surface area (Å²) in [5.74, 6) is 0.561. The van der Waals surface area contributed by atoms with Crippen LogP contribution in [0.15, 0.2) is 52.9 Å². The molecule has 1 aliphatic rings. The van der Waals surface area contributed by atoms with Crippen molar-refractivity contribution in [2.75, 3.05) is 32.1 Å². The Morgan fingerprint density at radius 2 is 1.73 bits per heavy atom. The Bertz CT molecular complexity index is 727. The Balaban J connectivity index is 2.36. The lowest BCUT2D eigenvalue weighted by molar-refractivity contribution is 0.249. The first-order valence-electron chi connectivity index (χ1n) is 9.15. The molecule has 0 radical (unpaired) electrons. The van der Waals surface area contributed by atoms with Crippen molar-refractivity contribution in [3.63, 3.8) is 0 Å². The number of nitrogens with one attached hydrogen (secondary N) is 1. The molecule has 2 rings (SSSR count). The molecule has 0 saturated carbocycles. The van der Waals surface area contributed by atoms with Gasteiger partial charge in [-0.2, -0.15) is 0 Å².